The number of ether oxygens (including phenoxy) is 1. The summed E-state index contributed by atoms with van der Waals surface area (Å²) in [6, 6.07) is 8.21. The minimum Gasteiger partial charge on any atom is -0.488 e. The molecule has 3 rings (SSSR count). The van der Waals surface area contributed by atoms with Gasteiger partial charge in [0, 0.05) is 32.8 Å². The number of aryl methyl sites for hydroxylation is 1. The monoisotopic (exact) mass is 455 g/mol. The van der Waals surface area contributed by atoms with Gasteiger partial charge in [-0.3, -0.25) is 4.68 Å². The normalized spacial score (nSPS) is 15.9. The minimum atomic E-state index is 0. The van der Waals surface area contributed by atoms with Gasteiger partial charge in [0.15, 0.2) is 5.96 Å². The van der Waals surface area contributed by atoms with E-state index in [1.54, 1.807) is 0 Å². The summed E-state index contributed by atoms with van der Waals surface area (Å²) in [5, 5.41) is 10.8. The predicted molar refractivity (Wildman–Crippen MR) is 111 cm³/mol. The molecule has 0 saturated carbocycles. The standard InChI is InChI=1S/C18H25N5O.HI/c1-3-19-18(20-9-8-14-11-22-23(2)13-14)21-12-16-10-15-6-4-5-7-17(15)24-16;/h4-7,11,13,16H,3,8-10,12H2,1-2H3,(H2,19,20,21);1H. The molecule has 6 nitrogen and oxygen atoms in total. The van der Waals surface area contributed by atoms with Gasteiger partial charge < -0.3 is 15.4 Å². The Kier molecular flexibility index (Phi) is 7.54. The molecule has 0 aliphatic carbocycles. The number of para-hydroxylation sites is 1. The number of fused-ring (bicyclic) bond motifs is 1. The SMILES string of the molecule is CCNC(=NCC1Cc2ccccc2O1)NCCc1cnn(C)c1.I. The molecule has 1 aliphatic rings. The zero-order chi connectivity index (χ0) is 16.8. The Hall–Kier alpha value is -1.77. The van der Waals surface area contributed by atoms with Crippen molar-refractivity contribution >= 4 is 29.9 Å². The molecular weight excluding hydrogens is 429 g/mol. The van der Waals surface area contributed by atoms with Crippen LogP contribution < -0.4 is 15.4 Å². The molecule has 25 heavy (non-hydrogen) atoms. The summed E-state index contributed by atoms with van der Waals surface area (Å²) in [4.78, 5) is 4.66. The third kappa shape index (κ3) is 5.62. The van der Waals surface area contributed by atoms with Crippen molar-refractivity contribution in [2.45, 2.75) is 25.9 Å². The van der Waals surface area contributed by atoms with Gasteiger partial charge in [0.05, 0.1) is 12.7 Å². The average Bonchev–Trinajstić information content (AvgIpc) is 3.18. The number of rotatable bonds is 6. The molecule has 1 unspecified atom stereocenters. The van der Waals surface area contributed by atoms with Gasteiger partial charge in [-0.05, 0) is 30.5 Å². The van der Waals surface area contributed by atoms with Crippen LogP contribution in [0.3, 0.4) is 0 Å². The number of aromatic nitrogens is 2. The van der Waals surface area contributed by atoms with Gasteiger partial charge in [-0.1, -0.05) is 18.2 Å². The van der Waals surface area contributed by atoms with Gasteiger partial charge in [0.2, 0.25) is 0 Å². The number of nitrogens with one attached hydrogen (secondary N) is 2. The number of hydrogen-bond donors (Lipinski definition) is 2. The van der Waals surface area contributed by atoms with Gasteiger partial charge in [0.25, 0.3) is 0 Å². The van der Waals surface area contributed by atoms with Crippen LogP contribution in [0.1, 0.15) is 18.1 Å². The van der Waals surface area contributed by atoms with Crippen LogP contribution in [0, 0.1) is 0 Å². The highest BCUT2D eigenvalue weighted by molar-refractivity contribution is 14.0. The van der Waals surface area contributed by atoms with Crippen molar-refractivity contribution in [1.29, 1.82) is 0 Å². The lowest BCUT2D eigenvalue weighted by atomic mass is 10.1. The van der Waals surface area contributed by atoms with Crippen molar-refractivity contribution in [3.63, 3.8) is 0 Å². The fourth-order valence-electron chi connectivity index (χ4n) is 2.82. The Labute approximate surface area is 166 Å². The maximum Gasteiger partial charge on any atom is 0.191 e. The highest BCUT2D eigenvalue weighted by atomic mass is 127. The van der Waals surface area contributed by atoms with Gasteiger partial charge >= 0.3 is 0 Å². The molecule has 2 heterocycles. The largest absolute Gasteiger partial charge is 0.488 e. The van der Waals surface area contributed by atoms with Crippen molar-refractivity contribution in [3.8, 4) is 5.75 Å². The molecule has 136 valence electrons. The Morgan fingerprint density at radius 3 is 2.92 bits per heavy atom. The Morgan fingerprint density at radius 2 is 2.20 bits per heavy atom. The number of benzene rings is 1. The van der Waals surface area contributed by atoms with E-state index >= 15 is 0 Å². The summed E-state index contributed by atoms with van der Waals surface area (Å²) in [7, 11) is 1.93. The first-order valence-corrected chi connectivity index (χ1v) is 8.49. The van der Waals surface area contributed by atoms with E-state index in [0.717, 1.165) is 37.6 Å². The second kappa shape index (κ2) is 9.65. The molecule has 0 fully saturated rings. The molecule has 1 aromatic carbocycles. The molecule has 0 amide bonds. The highest BCUT2D eigenvalue weighted by Gasteiger charge is 2.21. The summed E-state index contributed by atoms with van der Waals surface area (Å²) < 4.78 is 7.76. The fraction of sp³-hybridized carbons (Fsp3) is 0.444. The second-order valence-corrected chi connectivity index (χ2v) is 5.97. The molecule has 0 radical (unpaired) electrons. The fourth-order valence-corrected chi connectivity index (χ4v) is 2.82. The zero-order valence-electron chi connectivity index (χ0n) is 14.7. The van der Waals surface area contributed by atoms with E-state index in [-0.39, 0.29) is 30.1 Å². The van der Waals surface area contributed by atoms with Crippen molar-refractivity contribution in [2.24, 2.45) is 12.0 Å². The van der Waals surface area contributed by atoms with E-state index in [9.17, 15) is 0 Å². The quantitative estimate of drug-likeness (QED) is 0.398. The van der Waals surface area contributed by atoms with E-state index in [1.165, 1.54) is 11.1 Å². The molecule has 7 heteroatoms. The Morgan fingerprint density at radius 1 is 1.36 bits per heavy atom. The van der Waals surface area contributed by atoms with Crippen molar-refractivity contribution in [1.82, 2.24) is 20.4 Å². The smallest absolute Gasteiger partial charge is 0.191 e. The molecule has 0 saturated heterocycles. The van der Waals surface area contributed by atoms with Gasteiger partial charge in [-0.15, -0.1) is 24.0 Å². The molecule has 1 atom stereocenters. The molecule has 2 aromatic rings. The van der Waals surface area contributed by atoms with Crippen LogP contribution in [0.25, 0.3) is 0 Å². The number of nitrogens with zero attached hydrogens (tertiary/aromatic N) is 3. The van der Waals surface area contributed by atoms with Crippen LogP contribution in [0.5, 0.6) is 5.75 Å². The first kappa shape index (κ1) is 19.6. The van der Waals surface area contributed by atoms with Crippen LogP contribution in [-0.4, -0.2) is 41.5 Å². The molecule has 1 aliphatic heterocycles. The van der Waals surface area contributed by atoms with E-state index in [4.69, 9.17) is 4.74 Å². The maximum absolute atomic E-state index is 5.94. The van der Waals surface area contributed by atoms with E-state index < -0.39 is 0 Å². The molecule has 2 N–H and O–H groups in total. The summed E-state index contributed by atoms with van der Waals surface area (Å²) in [5.74, 6) is 1.83. The highest BCUT2D eigenvalue weighted by Crippen LogP contribution is 2.28. The first-order valence-electron chi connectivity index (χ1n) is 8.49. The third-order valence-corrected chi connectivity index (χ3v) is 3.98. The number of halogens is 1. The minimum absolute atomic E-state index is 0. The van der Waals surface area contributed by atoms with Gasteiger partial charge in [-0.2, -0.15) is 5.10 Å². The summed E-state index contributed by atoms with van der Waals surface area (Å²) in [6.07, 6.45) is 5.90. The average molecular weight is 455 g/mol. The molecule has 0 spiro atoms. The van der Waals surface area contributed by atoms with Gasteiger partial charge in [0.1, 0.15) is 11.9 Å². The molecule has 1 aromatic heterocycles. The lowest BCUT2D eigenvalue weighted by Gasteiger charge is -2.13. The number of guanidine groups is 1. The maximum atomic E-state index is 5.94. The molecule has 0 bridgehead atoms. The molecular formula is C18H26IN5O. The van der Waals surface area contributed by atoms with Crippen LogP contribution in [0.2, 0.25) is 0 Å². The Bertz CT molecular complexity index is 675. The number of aliphatic imine (C=N–C) groups is 1. The first-order chi connectivity index (χ1) is 11.7. The van der Waals surface area contributed by atoms with Crippen molar-refractivity contribution in [2.75, 3.05) is 19.6 Å². The van der Waals surface area contributed by atoms with E-state index in [1.807, 2.05) is 36.3 Å². The van der Waals surface area contributed by atoms with E-state index in [2.05, 4.69) is 39.8 Å². The topological polar surface area (TPSA) is 63.5 Å². The zero-order valence-corrected chi connectivity index (χ0v) is 17.1. The van der Waals surface area contributed by atoms with E-state index in [0.29, 0.717) is 6.54 Å². The summed E-state index contributed by atoms with van der Waals surface area (Å²) in [6.45, 7) is 4.38. The van der Waals surface area contributed by atoms with Crippen molar-refractivity contribution < 1.29 is 4.74 Å². The number of hydrogen-bond acceptors (Lipinski definition) is 3. The predicted octanol–water partition coefficient (Wildman–Crippen LogP) is 2.14. The van der Waals surface area contributed by atoms with Crippen LogP contribution in [-0.2, 0) is 19.9 Å². The third-order valence-electron chi connectivity index (χ3n) is 3.98. The lowest BCUT2D eigenvalue weighted by molar-refractivity contribution is 0.241. The van der Waals surface area contributed by atoms with Crippen LogP contribution >= 0.6 is 24.0 Å². The van der Waals surface area contributed by atoms with Crippen LogP contribution in [0.15, 0.2) is 41.7 Å². The summed E-state index contributed by atoms with van der Waals surface area (Å²) in [5.41, 5.74) is 2.49. The Balaban J connectivity index is 0.00000225. The van der Waals surface area contributed by atoms with Crippen LogP contribution in [0.4, 0.5) is 0 Å². The lowest BCUT2D eigenvalue weighted by Crippen LogP contribution is -2.39. The van der Waals surface area contributed by atoms with Gasteiger partial charge in [-0.25, -0.2) is 4.99 Å². The van der Waals surface area contributed by atoms with Crippen molar-refractivity contribution in [3.05, 3.63) is 47.8 Å². The summed E-state index contributed by atoms with van der Waals surface area (Å²) >= 11 is 0. The second-order valence-electron chi connectivity index (χ2n) is 5.97.